The van der Waals surface area contributed by atoms with Gasteiger partial charge in [-0.1, -0.05) is 42.1 Å². The Labute approximate surface area is 188 Å². The number of benzene rings is 2. The van der Waals surface area contributed by atoms with Gasteiger partial charge in [-0.2, -0.15) is 0 Å². The second-order valence-corrected chi connectivity index (χ2v) is 7.93. The molecule has 0 aliphatic heterocycles. The minimum atomic E-state index is -1.01. The lowest BCUT2D eigenvalue weighted by molar-refractivity contribution is -0.113. The minimum absolute atomic E-state index is 0.123. The predicted octanol–water partition coefficient (Wildman–Crippen LogP) is 4.32. The lowest BCUT2D eigenvalue weighted by atomic mass is 10.2. The Morgan fingerprint density at radius 3 is 2.47 bits per heavy atom. The largest absolute Gasteiger partial charge is 0.478 e. The highest BCUT2D eigenvalue weighted by molar-refractivity contribution is 7.99. The average molecular weight is 449 g/mol. The fourth-order valence-corrected chi connectivity index (χ4v) is 3.88. The Balaban J connectivity index is 1.50. The monoisotopic (exact) mass is 448 g/mol. The third-order valence-corrected chi connectivity index (χ3v) is 5.71. The van der Waals surface area contributed by atoms with Crippen LogP contribution in [0.5, 0.6) is 0 Å². The van der Waals surface area contributed by atoms with E-state index in [4.69, 9.17) is 9.52 Å². The number of aromatic carboxylic acids is 1. The van der Waals surface area contributed by atoms with Crippen LogP contribution in [-0.2, 0) is 11.3 Å². The van der Waals surface area contributed by atoms with Crippen LogP contribution in [-0.4, -0.2) is 37.5 Å². The van der Waals surface area contributed by atoms with E-state index < -0.39 is 5.97 Å². The molecule has 0 spiro atoms. The maximum Gasteiger partial charge on any atom is 0.335 e. The van der Waals surface area contributed by atoms with Gasteiger partial charge < -0.3 is 14.8 Å². The average Bonchev–Trinajstić information content (AvgIpc) is 3.39. The topological polar surface area (TPSA) is 110 Å². The molecule has 0 saturated carbocycles. The third-order valence-electron chi connectivity index (χ3n) is 4.75. The number of carboxylic acids is 1. The molecule has 0 fully saturated rings. The highest BCUT2D eigenvalue weighted by Gasteiger charge is 2.19. The van der Waals surface area contributed by atoms with Crippen molar-refractivity contribution >= 4 is 29.3 Å². The Morgan fingerprint density at radius 2 is 1.81 bits per heavy atom. The van der Waals surface area contributed by atoms with Crippen molar-refractivity contribution in [3.8, 4) is 11.4 Å². The van der Waals surface area contributed by atoms with Crippen LogP contribution in [0.3, 0.4) is 0 Å². The number of amides is 1. The summed E-state index contributed by atoms with van der Waals surface area (Å²) in [4.78, 5) is 23.4. The van der Waals surface area contributed by atoms with Crippen molar-refractivity contribution in [2.24, 2.45) is 0 Å². The van der Waals surface area contributed by atoms with Crippen LogP contribution in [0.15, 0.2) is 76.5 Å². The number of rotatable bonds is 8. The van der Waals surface area contributed by atoms with E-state index in [-0.39, 0.29) is 17.2 Å². The fourth-order valence-electron chi connectivity index (χ4n) is 3.14. The van der Waals surface area contributed by atoms with Crippen LogP contribution < -0.4 is 5.32 Å². The van der Waals surface area contributed by atoms with Gasteiger partial charge in [0, 0.05) is 5.69 Å². The number of aromatic nitrogens is 3. The molecule has 32 heavy (non-hydrogen) atoms. The summed E-state index contributed by atoms with van der Waals surface area (Å²) in [6.45, 7) is 2.42. The first kappa shape index (κ1) is 21.4. The smallest absolute Gasteiger partial charge is 0.335 e. The molecule has 2 N–H and O–H groups in total. The summed E-state index contributed by atoms with van der Waals surface area (Å²) < 4.78 is 7.40. The molecule has 0 saturated heterocycles. The molecule has 0 unspecified atom stereocenters. The van der Waals surface area contributed by atoms with Gasteiger partial charge >= 0.3 is 5.97 Å². The molecule has 9 heteroatoms. The summed E-state index contributed by atoms with van der Waals surface area (Å²) >= 11 is 1.28. The molecule has 0 bridgehead atoms. The molecule has 2 aromatic heterocycles. The van der Waals surface area contributed by atoms with E-state index in [2.05, 4.69) is 15.5 Å². The van der Waals surface area contributed by atoms with E-state index in [1.54, 1.807) is 18.4 Å². The number of nitrogens with one attached hydrogen (secondary N) is 1. The quantitative estimate of drug-likeness (QED) is 0.386. The Kier molecular flexibility index (Phi) is 6.37. The fraction of sp³-hybridized carbons (Fsp3) is 0.130. The molecule has 4 aromatic rings. The lowest BCUT2D eigenvalue weighted by Gasteiger charge is -2.10. The van der Waals surface area contributed by atoms with Crippen LogP contribution in [0.1, 0.15) is 21.7 Å². The molecule has 2 aromatic carbocycles. The molecule has 1 amide bonds. The molecule has 0 radical (unpaired) electrons. The van der Waals surface area contributed by atoms with Crippen LogP contribution in [0.25, 0.3) is 11.4 Å². The molecule has 2 heterocycles. The van der Waals surface area contributed by atoms with E-state index in [9.17, 15) is 9.59 Å². The maximum atomic E-state index is 12.4. The molecule has 4 rings (SSSR count). The molecule has 0 aliphatic rings. The van der Waals surface area contributed by atoms with Crippen molar-refractivity contribution < 1.29 is 19.1 Å². The number of thioether (sulfide) groups is 1. The molecule has 0 atom stereocenters. The molecule has 162 valence electrons. The van der Waals surface area contributed by atoms with Crippen LogP contribution in [0.4, 0.5) is 5.69 Å². The minimum Gasteiger partial charge on any atom is -0.478 e. The second-order valence-electron chi connectivity index (χ2n) is 6.99. The summed E-state index contributed by atoms with van der Waals surface area (Å²) in [5.74, 6) is 0.295. The zero-order valence-electron chi connectivity index (χ0n) is 17.2. The van der Waals surface area contributed by atoms with Gasteiger partial charge in [0.2, 0.25) is 5.91 Å². The Hall–Kier alpha value is -3.85. The normalized spacial score (nSPS) is 10.8. The van der Waals surface area contributed by atoms with E-state index in [0.29, 0.717) is 23.2 Å². The Morgan fingerprint density at radius 1 is 1.06 bits per heavy atom. The zero-order valence-corrected chi connectivity index (χ0v) is 18.0. The van der Waals surface area contributed by atoms with E-state index >= 15 is 0 Å². The standard InChI is InChI=1S/C23H20N4O4S/c1-15-19(11-12-31-15)21-25-26-23(27(21)13-16-5-3-2-4-6-16)32-14-20(28)24-18-9-7-17(8-10-18)22(29)30/h2-12H,13-14H2,1H3,(H,24,28)(H,29,30). The summed E-state index contributed by atoms with van der Waals surface area (Å²) in [5, 5.41) is 21.0. The number of aryl methyl sites for hydroxylation is 1. The first-order chi connectivity index (χ1) is 15.5. The number of furan rings is 1. The first-order valence-corrected chi connectivity index (χ1v) is 10.8. The van der Waals surface area contributed by atoms with Crippen molar-refractivity contribution in [2.45, 2.75) is 18.6 Å². The molecular weight excluding hydrogens is 428 g/mol. The predicted molar refractivity (Wildman–Crippen MR) is 121 cm³/mol. The highest BCUT2D eigenvalue weighted by Crippen LogP contribution is 2.28. The highest BCUT2D eigenvalue weighted by atomic mass is 32.2. The molecule has 0 aliphatic carbocycles. The maximum absolute atomic E-state index is 12.4. The van der Waals surface area contributed by atoms with E-state index in [1.807, 2.05) is 47.9 Å². The Bertz CT molecular complexity index is 1230. The van der Waals surface area contributed by atoms with E-state index in [1.165, 1.54) is 23.9 Å². The van der Waals surface area contributed by atoms with Gasteiger partial charge in [0.05, 0.1) is 29.7 Å². The first-order valence-electron chi connectivity index (χ1n) is 9.79. The second kappa shape index (κ2) is 9.52. The van der Waals surface area contributed by atoms with Crippen LogP contribution >= 0.6 is 11.8 Å². The van der Waals surface area contributed by atoms with Crippen molar-refractivity contribution in [2.75, 3.05) is 11.1 Å². The number of nitrogens with zero attached hydrogens (tertiary/aromatic N) is 3. The van der Waals surface area contributed by atoms with Gasteiger partial charge in [0.25, 0.3) is 0 Å². The summed E-state index contributed by atoms with van der Waals surface area (Å²) in [6, 6.07) is 17.8. The number of hydrogen-bond donors (Lipinski definition) is 2. The summed E-state index contributed by atoms with van der Waals surface area (Å²) in [5.41, 5.74) is 2.62. The van der Waals surface area contributed by atoms with Crippen molar-refractivity contribution in [3.05, 3.63) is 83.8 Å². The number of carboxylic acid groups (broad SMARTS) is 1. The van der Waals surface area contributed by atoms with Crippen molar-refractivity contribution in [1.29, 1.82) is 0 Å². The number of carbonyl (C=O) groups is 2. The summed E-state index contributed by atoms with van der Waals surface area (Å²) in [7, 11) is 0. The number of hydrogen-bond acceptors (Lipinski definition) is 6. The van der Waals surface area contributed by atoms with Gasteiger partial charge in [-0.25, -0.2) is 4.79 Å². The van der Waals surface area contributed by atoms with E-state index in [0.717, 1.165) is 16.9 Å². The zero-order chi connectivity index (χ0) is 22.5. The van der Waals surface area contributed by atoms with Crippen LogP contribution in [0, 0.1) is 6.92 Å². The molecular formula is C23H20N4O4S. The number of carbonyl (C=O) groups excluding carboxylic acids is 1. The molecule has 8 nitrogen and oxygen atoms in total. The van der Waals surface area contributed by atoms with Gasteiger partial charge in [0.1, 0.15) is 5.76 Å². The lowest BCUT2D eigenvalue weighted by Crippen LogP contribution is -2.15. The van der Waals surface area contributed by atoms with Crippen LogP contribution in [0.2, 0.25) is 0 Å². The van der Waals surface area contributed by atoms with Gasteiger partial charge in [0.15, 0.2) is 11.0 Å². The van der Waals surface area contributed by atoms with Crippen molar-refractivity contribution in [3.63, 3.8) is 0 Å². The van der Waals surface area contributed by atoms with Gasteiger partial charge in [-0.15, -0.1) is 10.2 Å². The SMILES string of the molecule is Cc1occc1-c1nnc(SCC(=O)Nc2ccc(C(=O)O)cc2)n1Cc1ccccc1. The summed E-state index contributed by atoms with van der Waals surface area (Å²) in [6.07, 6.45) is 1.61. The van der Waals surface area contributed by atoms with Crippen molar-refractivity contribution in [1.82, 2.24) is 14.8 Å². The third kappa shape index (κ3) is 4.89. The number of anilines is 1. The van der Waals surface area contributed by atoms with Gasteiger partial charge in [-0.05, 0) is 42.8 Å². The van der Waals surface area contributed by atoms with Gasteiger partial charge in [-0.3, -0.25) is 9.36 Å².